The van der Waals surface area contributed by atoms with Crippen molar-refractivity contribution in [1.82, 2.24) is 10.2 Å². The van der Waals surface area contributed by atoms with E-state index in [4.69, 9.17) is 9.84 Å². The third kappa shape index (κ3) is 5.69. The zero-order valence-electron chi connectivity index (χ0n) is 14.7. The lowest BCUT2D eigenvalue weighted by Gasteiger charge is -2.42. The molecule has 0 atom stereocenters. The monoisotopic (exact) mass is 364 g/mol. The number of amides is 1. The van der Waals surface area contributed by atoms with Crippen LogP contribution in [0.15, 0.2) is 24.3 Å². The Labute approximate surface area is 152 Å². The minimum atomic E-state index is -0.795. The Balaban J connectivity index is 1.33. The highest BCUT2D eigenvalue weighted by Gasteiger charge is 2.37. The molecule has 6 nitrogen and oxygen atoms in total. The molecular weight excluding hydrogens is 339 g/mol. The van der Waals surface area contributed by atoms with Crippen LogP contribution in [0.2, 0.25) is 0 Å². The van der Waals surface area contributed by atoms with Gasteiger partial charge in [-0.05, 0) is 55.9 Å². The van der Waals surface area contributed by atoms with E-state index in [2.05, 4.69) is 5.32 Å². The van der Waals surface area contributed by atoms with Crippen LogP contribution in [-0.2, 0) is 9.59 Å². The van der Waals surface area contributed by atoms with Crippen molar-refractivity contribution in [2.24, 2.45) is 5.92 Å². The van der Waals surface area contributed by atoms with Gasteiger partial charge in [0.15, 0.2) is 0 Å². The maximum Gasteiger partial charge on any atom is 0.317 e. The van der Waals surface area contributed by atoms with E-state index in [9.17, 15) is 14.0 Å². The summed E-state index contributed by atoms with van der Waals surface area (Å²) in [5.74, 6) is -0.0224. The highest BCUT2D eigenvalue weighted by molar-refractivity contribution is 5.76. The average Bonchev–Trinajstić information content (AvgIpc) is 3.35. The van der Waals surface area contributed by atoms with E-state index in [-0.39, 0.29) is 43.4 Å². The fourth-order valence-corrected chi connectivity index (χ4v) is 3.24. The molecule has 1 aromatic rings. The number of rotatable bonds is 10. The highest BCUT2D eigenvalue weighted by Crippen LogP contribution is 2.33. The van der Waals surface area contributed by atoms with Crippen LogP contribution in [0, 0.1) is 11.7 Å². The zero-order chi connectivity index (χ0) is 18.5. The van der Waals surface area contributed by atoms with Crippen molar-refractivity contribution in [3.63, 3.8) is 0 Å². The van der Waals surface area contributed by atoms with Gasteiger partial charge in [-0.1, -0.05) is 0 Å². The summed E-state index contributed by atoms with van der Waals surface area (Å²) in [7, 11) is 0. The summed E-state index contributed by atoms with van der Waals surface area (Å²) in [4.78, 5) is 25.0. The number of nitrogens with one attached hydrogen (secondary N) is 1. The first-order chi connectivity index (χ1) is 12.5. The molecule has 0 aromatic heterocycles. The number of carboxylic acids is 1. The van der Waals surface area contributed by atoms with Crippen molar-refractivity contribution in [3.8, 4) is 5.75 Å². The van der Waals surface area contributed by atoms with Gasteiger partial charge in [-0.25, -0.2) is 4.39 Å². The summed E-state index contributed by atoms with van der Waals surface area (Å²) in [6.45, 7) is 1.16. The van der Waals surface area contributed by atoms with Crippen LogP contribution in [-0.4, -0.2) is 53.7 Å². The van der Waals surface area contributed by atoms with Gasteiger partial charge in [0.2, 0.25) is 5.91 Å². The van der Waals surface area contributed by atoms with Crippen molar-refractivity contribution < 1.29 is 23.8 Å². The van der Waals surface area contributed by atoms with Crippen LogP contribution in [0.1, 0.15) is 32.1 Å². The number of carbonyl (C=O) groups is 2. The smallest absolute Gasteiger partial charge is 0.317 e. The average molecular weight is 364 g/mol. The SMILES string of the molecule is O=C(O)CN(CC1CC1)C1CC(NC(=O)CCOc2ccc(F)cc2)C1. The van der Waals surface area contributed by atoms with Gasteiger partial charge in [0.05, 0.1) is 19.6 Å². The zero-order valence-corrected chi connectivity index (χ0v) is 14.7. The van der Waals surface area contributed by atoms with Gasteiger partial charge in [-0.3, -0.25) is 14.5 Å². The van der Waals surface area contributed by atoms with Gasteiger partial charge in [-0.2, -0.15) is 0 Å². The van der Waals surface area contributed by atoms with Gasteiger partial charge < -0.3 is 15.2 Å². The first kappa shape index (κ1) is 18.6. The fourth-order valence-electron chi connectivity index (χ4n) is 3.24. The van der Waals surface area contributed by atoms with Gasteiger partial charge in [-0.15, -0.1) is 0 Å². The van der Waals surface area contributed by atoms with Gasteiger partial charge in [0, 0.05) is 18.6 Å². The van der Waals surface area contributed by atoms with Gasteiger partial charge in [0.1, 0.15) is 11.6 Å². The van der Waals surface area contributed by atoms with Crippen molar-refractivity contribution in [1.29, 1.82) is 0 Å². The number of hydrogen-bond donors (Lipinski definition) is 2. The molecule has 1 amide bonds. The normalized spacial score (nSPS) is 21.9. The number of ether oxygens (including phenoxy) is 1. The molecule has 0 heterocycles. The molecule has 0 bridgehead atoms. The Morgan fingerprint density at radius 3 is 2.54 bits per heavy atom. The Kier molecular flexibility index (Phi) is 6.08. The van der Waals surface area contributed by atoms with Crippen LogP contribution in [0.5, 0.6) is 5.75 Å². The molecule has 0 spiro atoms. The molecule has 2 N–H and O–H groups in total. The van der Waals surface area contributed by atoms with Crippen molar-refractivity contribution in [3.05, 3.63) is 30.1 Å². The summed E-state index contributed by atoms with van der Waals surface area (Å²) >= 11 is 0. The molecule has 2 saturated carbocycles. The lowest BCUT2D eigenvalue weighted by atomic mass is 9.85. The second kappa shape index (κ2) is 8.49. The lowest BCUT2D eigenvalue weighted by Crippen LogP contribution is -2.55. The molecule has 2 fully saturated rings. The third-order valence-corrected chi connectivity index (χ3v) is 4.93. The van der Waals surface area contributed by atoms with Crippen molar-refractivity contribution >= 4 is 11.9 Å². The molecule has 0 radical (unpaired) electrons. The fraction of sp³-hybridized carbons (Fsp3) is 0.579. The number of nitrogens with zero attached hydrogens (tertiary/aromatic N) is 1. The summed E-state index contributed by atoms with van der Waals surface area (Å²) in [6, 6.07) is 6.03. The second-order valence-electron chi connectivity index (χ2n) is 7.21. The van der Waals surface area contributed by atoms with E-state index in [1.165, 1.54) is 37.1 Å². The van der Waals surface area contributed by atoms with Gasteiger partial charge in [0.25, 0.3) is 0 Å². The van der Waals surface area contributed by atoms with E-state index in [1.54, 1.807) is 0 Å². The quantitative estimate of drug-likeness (QED) is 0.664. The van der Waals surface area contributed by atoms with E-state index in [1.807, 2.05) is 4.90 Å². The number of carboxylic acid groups (broad SMARTS) is 1. The number of halogens is 1. The first-order valence-corrected chi connectivity index (χ1v) is 9.13. The summed E-state index contributed by atoms with van der Waals surface area (Å²) < 4.78 is 18.2. The Hall–Kier alpha value is -2.15. The largest absolute Gasteiger partial charge is 0.493 e. The second-order valence-corrected chi connectivity index (χ2v) is 7.21. The predicted molar refractivity (Wildman–Crippen MR) is 93.4 cm³/mol. The van der Waals surface area contributed by atoms with Crippen LogP contribution >= 0.6 is 0 Å². The molecule has 0 saturated heterocycles. The van der Waals surface area contributed by atoms with E-state index in [0.29, 0.717) is 11.7 Å². The van der Waals surface area contributed by atoms with E-state index >= 15 is 0 Å². The summed E-state index contributed by atoms with van der Waals surface area (Å²) in [5.41, 5.74) is 0. The van der Waals surface area contributed by atoms with Crippen LogP contribution in [0.4, 0.5) is 4.39 Å². The molecule has 3 rings (SSSR count). The van der Waals surface area contributed by atoms with Crippen LogP contribution < -0.4 is 10.1 Å². The Morgan fingerprint density at radius 1 is 1.23 bits per heavy atom. The van der Waals surface area contributed by atoms with Crippen molar-refractivity contribution in [2.75, 3.05) is 19.7 Å². The molecule has 0 unspecified atom stereocenters. The molecule has 26 heavy (non-hydrogen) atoms. The number of aliphatic carboxylic acids is 1. The molecule has 142 valence electrons. The molecule has 2 aliphatic rings. The van der Waals surface area contributed by atoms with Gasteiger partial charge >= 0.3 is 5.97 Å². The maximum atomic E-state index is 12.8. The molecule has 1 aromatic carbocycles. The predicted octanol–water partition coefficient (Wildman–Crippen LogP) is 2.04. The Morgan fingerprint density at radius 2 is 1.92 bits per heavy atom. The van der Waals surface area contributed by atoms with E-state index in [0.717, 1.165) is 19.4 Å². The maximum absolute atomic E-state index is 12.8. The number of benzene rings is 1. The Bertz CT molecular complexity index is 627. The molecule has 7 heteroatoms. The summed E-state index contributed by atoms with van der Waals surface area (Å²) in [6.07, 6.45) is 4.21. The van der Waals surface area contributed by atoms with Crippen LogP contribution in [0.3, 0.4) is 0 Å². The summed E-state index contributed by atoms with van der Waals surface area (Å²) in [5, 5.41) is 12.0. The molecular formula is C19H25FN2O4. The van der Waals surface area contributed by atoms with Crippen LogP contribution in [0.25, 0.3) is 0 Å². The highest BCUT2D eigenvalue weighted by atomic mass is 19.1. The topological polar surface area (TPSA) is 78.9 Å². The number of hydrogen-bond acceptors (Lipinski definition) is 4. The standard InChI is InChI=1S/C19H25FN2O4/c20-14-3-5-17(6-4-14)26-8-7-18(23)21-15-9-16(10-15)22(12-19(24)25)11-13-1-2-13/h3-6,13,15-16H,1-2,7-12H2,(H,21,23)(H,24,25). The van der Waals surface area contributed by atoms with E-state index < -0.39 is 5.97 Å². The molecule has 0 aliphatic heterocycles. The molecule has 2 aliphatic carbocycles. The minimum absolute atomic E-state index is 0.0767. The minimum Gasteiger partial charge on any atom is -0.493 e. The van der Waals surface area contributed by atoms with Crippen molar-refractivity contribution in [2.45, 2.75) is 44.2 Å². The lowest BCUT2D eigenvalue weighted by molar-refractivity contribution is -0.140. The first-order valence-electron chi connectivity index (χ1n) is 9.13. The number of carbonyl (C=O) groups excluding carboxylic acids is 1. The third-order valence-electron chi connectivity index (χ3n) is 4.93.